The van der Waals surface area contributed by atoms with Crippen molar-refractivity contribution in [3.8, 4) is 5.75 Å². The summed E-state index contributed by atoms with van der Waals surface area (Å²) in [7, 11) is 0. The predicted molar refractivity (Wildman–Crippen MR) is 91.5 cm³/mol. The molecule has 134 valence electrons. The minimum atomic E-state index is -1.09. The lowest BCUT2D eigenvalue weighted by Gasteiger charge is -2.57. The Kier molecular flexibility index (Phi) is 5.20. The number of carbonyl (C=O) groups excluding carboxylic acids is 1. The van der Waals surface area contributed by atoms with Gasteiger partial charge in [0.15, 0.2) is 0 Å². The Morgan fingerprint density at radius 1 is 1.46 bits per heavy atom. The summed E-state index contributed by atoms with van der Waals surface area (Å²) < 4.78 is 25.3. The van der Waals surface area contributed by atoms with Crippen LogP contribution in [0.1, 0.15) is 41.0 Å². The van der Waals surface area contributed by atoms with Crippen molar-refractivity contribution < 1.29 is 18.7 Å². The minimum absolute atomic E-state index is 0.0524. The fourth-order valence-electron chi connectivity index (χ4n) is 3.00. The third-order valence-corrected chi connectivity index (χ3v) is 4.80. The molecular formula is C18H27FN2O3. The molecule has 1 fully saturated rings. The molecule has 0 radical (unpaired) electrons. The summed E-state index contributed by atoms with van der Waals surface area (Å²) in [5.74, 6) is -0.535. The Labute approximate surface area is 142 Å². The van der Waals surface area contributed by atoms with Crippen LogP contribution in [-0.4, -0.2) is 30.3 Å². The van der Waals surface area contributed by atoms with Gasteiger partial charge in [-0.2, -0.15) is 0 Å². The average Bonchev–Trinajstić information content (AvgIpc) is 2.48. The molecular weight excluding hydrogens is 311 g/mol. The molecule has 0 saturated heterocycles. The molecule has 1 aliphatic rings. The van der Waals surface area contributed by atoms with Gasteiger partial charge in [0, 0.05) is 24.5 Å². The molecule has 1 aromatic rings. The van der Waals surface area contributed by atoms with Crippen molar-refractivity contribution in [2.45, 2.75) is 58.8 Å². The van der Waals surface area contributed by atoms with Gasteiger partial charge < -0.3 is 20.5 Å². The molecule has 0 bridgehead atoms. The Balaban J connectivity index is 2.10. The Morgan fingerprint density at radius 2 is 2.12 bits per heavy atom. The van der Waals surface area contributed by atoms with Gasteiger partial charge in [-0.25, -0.2) is 4.39 Å². The monoisotopic (exact) mass is 338 g/mol. The molecule has 1 aromatic carbocycles. The Bertz CT molecular complexity index is 618. The number of amides is 1. The molecule has 2 rings (SSSR count). The van der Waals surface area contributed by atoms with Crippen LogP contribution in [0.4, 0.5) is 10.1 Å². The summed E-state index contributed by atoms with van der Waals surface area (Å²) in [5.41, 5.74) is 4.78. The average molecular weight is 338 g/mol. The number of nitrogens with two attached hydrogens (primary N) is 1. The van der Waals surface area contributed by atoms with Crippen molar-refractivity contribution in [2.24, 2.45) is 11.1 Å². The maximum absolute atomic E-state index is 14.2. The number of rotatable bonds is 6. The normalized spacial score (nSPS) is 25.2. The molecule has 0 spiro atoms. The van der Waals surface area contributed by atoms with Crippen LogP contribution >= 0.6 is 0 Å². The zero-order chi connectivity index (χ0) is 18.1. The molecule has 0 aliphatic heterocycles. The van der Waals surface area contributed by atoms with Crippen LogP contribution in [0.3, 0.4) is 0 Å². The maximum Gasteiger partial charge on any atom is 0.245 e. The molecule has 3 N–H and O–H groups in total. The lowest BCUT2D eigenvalue weighted by Crippen LogP contribution is -2.74. The van der Waals surface area contributed by atoms with E-state index in [2.05, 4.69) is 5.32 Å². The molecule has 0 heterocycles. The van der Waals surface area contributed by atoms with Crippen LogP contribution in [0.2, 0.25) is 0 Å². The molecule has 6 heteroatoms. The molecule has 24 heavy (non-hydrogen) atoms. The zero-order valence-electron chi connectivity index (χ0n) is 15.0. The summed E-state index contributed by atoms with van der Waals surface area (Å²) in [6.07, 6.45) is 0.281. The van der Waals surface area contributed by atoms with E-state index < -0.39 is 22.7 Å². The van der Waals surface area contributed by atoms with Crippen LogP contribution in [-0.2, 0) is 9.53 Å². The van der Waals surface area contributed by atoms with E-state index in [0.717, 1.165) is 0 Å². The van der Waals surface area contributed by atoms with Crippen LogP contribution in [0.15, 0.2) is 18.2 Å². The maximum atomic E-state index is 14.2. The highest BCUT2D eigenvalue weighted by Gasteiger charge is 2.62. The van der Waals surface area contributed by atoms with Crippen molar-refractivity contribution in [3.63, 3.8) is 0 Å². The minimum Gasteiger partial charge on any atom is -0.491 e. The van der Waals surface area contributed by atoms with Gasteiger partial charge in [0.2, 0.25) is 5.91 Å². The van der Waals surface area contributed by atoms with Crippen molar-refractivity contribution in [2.75, 3.05) is 11.9 Å². The van der Waals surface area contributed by atoms with Gasteiger partial charge in [-0.15, -0.1) is 0 Å². The highest BCUT2D eigenvalue weighted by molar-refractivity contribution is 5.99. The first-order valence-electron chi connectivity index (χ1n) is 8.30. The standard InChI is InChI=1S/C18H27FN2O3/c1-6-23-15-10-18(20,17(15,4)5)16(22)21-14-8-7-12(9-13(14)19)24-11(2)3/h7-9,11,15H,6,10,20H2,1-5H3,(H,21,22). The van der Waals surface area contributed by atoms with E-state index in [9.17, 15) is 9.18 Å². The van der Waals surface area contributed by atoms with Crippen molar-refractivity contribution in [3.05, 3.63) is 24.0 Å². The van der Waals surface area contributed by atoms with Gasteiger partial charge >= 0.3 is 0 Å². The van der Waals surface area contributed by atoms with E-state index >= 15 is 0 Å². The van der Waals surface area contributed by atoms with Crippen molar-refractivity contribution in [1.29, 1.82) is 0 Å². The number of benzene rings is 1. The number of halogens is 1. The second-order valence-electron chi connectivity index (χ2n) is 7.10. The van der Waals surface area contributed by atoms with Gasteiger partial charge in [0.05, 0.1) is 17.9 Å². The molecule has 1 saturated carbocycles. The summed E-state index contributed by atoms with van der Waals surface area (Å²) in [4.78, 5) is 12.6. The van der Waals surface area contributed by atoms with Crippen molar-refractivity contribution >= 4 is 11.6 Å². The third kappa shape index (κ3) is 3.26. The molecule has 2 atom stereocenters. The summed E-state index contributed by atoms with van der Waals surface area (Å²) in [6, 6.07) is 4.37. The van der Waals surface area contributed by atoms with E-state index in [4.69, 9.17) is 15.2 Å². The number of ether oxygens (including phenoxy) is 2. The van der Waals surface area contributed by atoms with Crippen molar-refractivity contribution in [1.82, 2.24) is 0 Å². The van der Waals surface area contributed by atoms with Crippen LogP contribution in [0, 0.1) is 11.2 Å². The highest BCUT2D eigenvalue weighted by Crippen LogP contribution is 2.50. The fourth-order valence-corrected chi connectivity index (χ4v) is 3.00. The first-order chi connectivity index (χ1) is 11.1. The van der Waals surface area contributed by atoms with Crippen LogP contribution in [0.5, 0.6) is 5.75 Å². The van der Waals surface area contributed by atoms with Crippen LogP contribution in [0.25, 0.3) is 0 Å². The third-order valence-electron chi connectivity index (χ3n) is 4.80. The van der Waals surface area contributed by atoms with Gasteiger partial charge in [-0.3, -0.25) is 4.79 Å². The highest BCUT2D eigenvalue weighted by atomic mass is 19.1. The number of nitrogens with one attached hydrogen (secondary N) is 1. The lowest BCUT2D eigenvalue weighted by atomic mass is 9.54. The molecule has 2 unspecified atom stereocenters. The van der Waals surface area contributed by atoms with Crippen LogP contribution < -0.4 is 15.8 Å². The number of hydrogen-bond acceptors (Lipinski definition) is 4. The summed E-state index contributed by atoms with van der Waals surface area (Å²) >= 11 is 0. The lowest BCUT2D eigenvalue weighted by molar-refractivity contribution is -0.166. The predicted octanol–water partition coefficient (Wildman–Crippen LogP) is 3.08. The van der Waals surface area contributed by atoms with E-state index in [0.29, 0.717) is 18.8 Å². The van der Waals surface area contributed by atoms with Gasteiger partial charge in [0.25, 0.3) is 0 Å². The molecule has 1 aliphatic carbocycles. The van der Waals surface area contributed by atoms with E-state index in [1.165, 1.54) is 12.1 Å². The van der Waals surface area contributed by atoms with E-state index in [1.54, 1.807) is 6.07 Å². The number of anilines is 1. The quantitative estimate of drug-likeness (QED) is 0.836. The summed E-state index contributed by atoms with van der Waals surface area (Å²) in [5, 5.41) is 2.60. The first-order valence-corrected chi connectivity index (χ1v) is 8.30. The van der Waals surface area contributed by atoms with Gasteiger partial charge in [-0.05, 0) is 32.9 Å². The topological polar surface area (TPSA) is 73.6 Å². The SMILES string of the molecule is CCOC1CC(N)(C(=O)Nc2ccc(OC(C)C)cc2F)C1(C)C. The molecule has 1 amide bonds. The van der Waals surface area contributed by atoms with E-state index in [1.807, 2.05) is 34.6 Å². The second-order valence-corrected chi connectivity index (χ2v) is 7.10. The van der Waals surface area contributed by atoms with Gasteiger partial charge in [0.1, 0.15) is 17.1 Å². The molecule has 5 nitrogen and oxygen atoms in total. The second kappa shape index (κ2) is 6.69. The smallest absolute Gasteiger partial charge is 0.245 e. The zero-order valence-corrected chi connectivity index (χ0v) is 15.0. The Morgan fingerprint density at radius 3 is 2.62 bits per heavy atom. The fraction of sp³-hybridized carbons (Fsp3) is 0.611. The largest absolute Gasteiger partial charge is 0.491 e. The number of carbonyl (C=O) groups is 1. The van der Waals surface area contributed by atoms with E-state index in [-0.39, 0.29) is 17.9 Å². The molecule has 0 aromatic heterocycles. The number of hydrogen-bond donors (Lipinski definition) is 2. The first kappa shape index (κ1) is 18.7. The Hall–Kier alpha value is -1.66. The van der Waals surface area contributed by atoms with Gasteiger partial charge in [-0.1, -0.05) is 13.8 Å². The summed E-state index contributed by atoms with van der Waals surface area (Å²) in [6.45, 7) is 9.98.